The van der Waals surface area contributed by atoms with Gasteiger partial charge in [0.2, 0.25) is 0 Å². The molecule has 76 valence electrons. The van der Waals surface area contributed by atoms with Gasteiger partial charge in [-0.2, -0.15) is 0 Å². The molecule has 0 atom stereocenters. The van der Waals surface area contributed by atoms with Crippen molar-refractivity contribution in [1.29, 1.82) is 0 Å². The quantitative estimate of drug-likeness (QED) is 0.698. The number of hydrogen-bond donors (Lipinski definition) is 0. The van der Waals surface area contributed by atoms with Crippen molar-refractivity contribution in [2.45, 2.75) is 6.92 Å². The second-order valence-electron chi connectivity index (χ2n) is 3.23. The number of benzene rings is 1. The van der Waals surface area contributed by atoms with Gasteiger partial charge in [0.25, 0.3) is 5.56 Å². The standard InChI is InChI=1S/C12H10FNO/c1-2-7-14-11-8-10(13)5-3-9(11)4-6-12(14)15/h2-8H,1H3. The summed E-state index contributed by atoms with van der Waals surface area (Å²) in [5.74, 6) is -0.341. The smallest absolute Gasteiger partial charge is 0.255 e. The average Bonchev–Trinajstić information content (AvgIpc) is 2.23. The fourth-order valence-electron chi connectivity index (χ4n) is 1.53. The van der Waals surface area contributed by atoms with Gasteiger partial charge >= 0.3 is 0 Å². The Morgan fingerprint density at radius 1 is 1.27 bits per heavy atom. The van der Waals surface area contributed by atoms with Crippen molar-refractivity contribution in [2.75, 3.05) is 0 Å². The highest BCUT2D eigenvalue weighted by Crippen LogP contribution is 2.13. The molecule has 1 aromatic heterocycles. The Labute approximate surface area is 86.3 Å². The first-order chi connectivity index (χ1) is 7.22. The SMILES string of the molecule is CC=Cn1c(=O)ccc2ccc(F)cc21. The molecular formula is C12H10FNO. The first-order valence-electron chi connectivity index (χ1n) is 4.66. The van der Waals surface area contributed by atoms with Gasteiger partial charge in [0.1, 0.15) is 5.82 Å². The molecule has 0 saturated carbocycles. The summed E-state index contributed by atoms with van der Waals surface area (Å²) in [5.41, 5.74) is 0.423. The molecule has 2 nitrogen and oxygen atoms in total. The van der Waals surface area contributed by atoms with E-state index in [-0.39, 0.29) is 11.4 Å². The van der Waals surface area contributed by atoms with E-state index in [1.54, 1.807) is 24.4 Å². The third kappa shape index (κ3) is 1.68. The minimum absolute atomic E-state index is 0.161. The Morgan fingerprint density at radius 2 is 2.00 bits per heavy atom. The number of aromatic nitrogens is 1. The van der Waals surface area contributed by atoms with E-state index >= 15 is 0 Å². The molecule has 1 heterocycles. The highest BCUT2D eigenvalue weighted by atomic mass is 19.1. The molecule has 0 N–H and O–H groups in total. The normalized spacial score (nSPS) is 11.3. The van der Waals surface area contributed by atoms with E-state index in [0.717, 1.165) is 5.39 Å². The number of hydrogen-bond acceptors (Lipinski definition) is 1. The maximum Gasteiger partial charge on any atom is 0.255 e. The van der Waals surface area contributed by atoms with E-state index < -0.39 is 0 Å². The second-order valence-corrected chi connectivity index (χ2v) is 3.23. The van der Waals surface area contributed by atoms with E-state index in [4.69, 9.17) is 0 Å². The first kappa shape index (κ1) is 9.65. The van der Waals surface area contributed by atoms with Crippen molar-refractivity contribution in [3.8, 4) is 0 Å². The number of fused-ring (bicyclic) bond motifs is 1. The summed E-state index contributed by atoms with van der Waals surface area (Å²) in [5, 5.41) is 0.842. The average molecular weight is 203 g/mol. The van der Waals surface area contributed by atoms with E-state index in [1.807, 2.05) is 6.92 Å². The molecule has 0 saturated heterocycles. The number of halogens is 1. The van der Waals surface area contributed by atoms with E-state index in [2.05, 4.69) is 0 Å². The summed E-state index contributed by atoms with van der Waals surface area (Å²) < 4.78 is 14.5. The van der Waals surface area contributed by atoms with Crippen LogP contribution in [0.4, 0.5) is 4.39 Å². The maximum absolute atomic E-state index is 13.0. The van der Waals surface area contributed by atoms with Crippen LogP contribution in [0, 0.1) is 5.82 Å². The van der Waals surface area contributed by atoms with Crippen LogP contribution in [0.5, 0.6) is 0 Å². The van der Waals surface area contributed by atoms with Crippen LogP contribution in [-0.2, 0) is 0 Å². The largest absolute Gasteiger partial charge is 0.284 e. The Kier molecular flexibility index (Phi) is 2.37. The number of nitrogens with zero attached hydrogens (tertiary/aromatic N) is 1. The second kappa shape index (κ2) is 3.69. The maximum atomic E-state index is 13.0. The van der Waals surface area contributed by atoms with E-state index in [1.165, 1.54) is 22.8 Å². The summed E-state index contributed by atoms with van der Waals surface area (Å²) in [7, 11) is 0. The minimum Gasteiger partial charge on any atom is -0.284 e. The van der Waals surface area contributed by atoms with Crippen molar-refractivity contribution in [3.05, 3.63) is 52.6 Å². The van der Waals surface area contributed by atoms with Gasteiger partial charge < -0.3 is 0 Å². The molecule has 0 unspecified atom stereocenters. The van der Waals surface area contributed by atoms with Crippen LogP contribution in [0.2, 0.25) is 0 Å². The Morgan fingerprint density at radius 3 is 2.73 bits per heavy atom. The monoisotopic (exact) mass is 203 g/mol. The van der Waals surface area contributed by atoms with Gasteiger partial charge in [-0.25, -0.2) is 4.39 Å². The zero-order chi connectivity index (χ0) is 10.8. The third-order valence-electron chi connectivity index (χ3n) is 2.19. The van der Waals surface area contributed by atoms with Crippen molar-refractivity contribution in [3.63, 3.8) is 0 Å². The molecule has 0 radical (unpaired) electrons. The zero-order valence-electron chi connectivity index (χ0n) is 8.27. The van der Waals surface area contributed by atoms with Gasteiger partial charge in [-0.1, -0.05) is 6.08 Å². The molecule has 0 aliphatic rings. The summed E-state index contributed by atoms with van der Waals surface area (Å²) >= 11 is 0. The lowest BCUT2D eigenvalue weighted by molar-refractivity contribution is 0.629. The zero-order valence-corrected chi connectivity index (χ0v) is 8.27. The molecule has 0 amide bonds. The Hall–Kier alpha value is -1.90. The van der Waals surface area contributed by atoms with Crippen LogP contribution in [-0.4, -0.2) is 4.57 Å². The summed E-state index contributed by atoms with van der Waals surface area (Å²) in [6.07, 6.45) is 3.37. The number of rotatable bonds is 1. The van der Waals surface area contributed by atoms with Crippen LogP contribution in [0.25, 0.3) is 17.1 Å². The predicted molar refractivity (Wildman–Crippen MR) is 59.2 cm³/mol. The molecule has 0 bridgehead atoms. The molecule has 0 spiro atoms. The molecule has 0 aliphatic carbocycles. The topological polar surface area (TPSA) is 22.0 Å². The van der Waals surface area contributed by atoms with Gasteiger partial charge in [0.05, 0.1) is 5.52 Å². The lowest BCUT2D eigenvalue weighted by Crippen LogP contribution is -2.13. The van der Waals surface area contributed by atoms with Crippen LogP contribution in [0.3, 0.4) is 0 Å². The summed E-state index contributed by atoms with van der Waals surface area (Å²) in [6, 6.07) is 7.56. The Bertz CT molecular complexity index is 584. The van der Waals surface area contributed by atoms with Crippen LogP contribution in [0.15, 0.2) is 41.2 Å². The van der Waals surface area contributed by atoms with Crippen molar-refractivity contribution in [2.24, 2.45) is 0 Å². The number of allylic oxidation sites excluding steroid dienone is 1. The van der Waals surface area contributed by atoms with Gasteiger partial charge in [-0.3, -0.25) is 9.36 Å². The van der Waals surface area contributed by atoms with Gasteiger partial charge in [-0.15, -0.1) is 0 Å². The van der Waals surface area contributed by atoms with Crippen LogP contribution in [0.1, 0.15) is 6.92 Å². The first-order valence-corrected chi connectivity index (χ1v) is 4.66. The molecule has 0 fully saturated rings. The molecular weight excluding hydrogens is 193 g/mol. The highest BCUT2D eigenvalue weighted by molar-refractivity contribution is 5.80. The van der Waals surface area contributed by atoms with Crippen LogP contribution >= 0.6 is 0 Å². The predicted octanol–water partition coefficient (Wildman–Crippen LogP) is 2.63. The lowest BCUT2D eigenvalue weighted by Gasteiger charge is -2.04. The Balaban J connectivity index is 2.90. The molecule has 2 rings (SSSR count). The van der Waals surface area contributed by atoms with Gasteiger partial charge in [0.15, 0.2) is 0 Å². The van der Waals surface area contributed by atoms with E-state index in [0.29, 0.717) is 5.52 Å². The fourth-order valence-corrected chi connectivity index (χ4v) is 1.53. The molecule has 1 aromatic carbocycles. The fraction of sp³-hybridized carbons (Fsp3) is 0.0833. The summed E-state index contributed by atoms with van der Waals surface area (Å²) in [4.78, 5) is 11.5. The van der Waals surface area contributed by atoms with Crippen LogP contribution < -0.4 is 5.56 Å². The van der Waals surface area contributed by atoms with E-state index in [9.17, 15) is 9.18 Å². The third-order valence-corrected chi connectivity index (χ3v) is 2.19. The summed E-state index contributed by atoms with van der Waals surface area (Å²) in [6.45, 7) is 1.81. The molecule has 0 aliphatic heterocycles. The lowest BCUT2D eigenvalue weighted by atomic mass is 10.2. The molecule has 15 heavy (non-hydrogen) atoms. The van der Waals surface area contributed by atoms with Crippen molar-refractivity contribution >= 4 is 17.1 Å². The molecule has 3 heteroatoms. The highest BCUT2D eigenvalue weighted by Gasteiger charge is 2.01. The molecule has 2 aromatic rings. The van der Waals surface area contributed by atoms with Gasteiger partial charge in [-0.05, 0) is 36.6 Å². The van der Waals surface area contributed by atoms with Crippen molar-refractivity contribution < 1.29 is 4.39 Å². The number of pyridine rings is 1. The van der Waals surface area contributed by atoms with Gasteiger partial charge in [0, 0.05) is 12.3 Å². The van der Waals surface area contributed by atoms with Crippen molar-refractivity contribution in [1.82, 2.24) is 4.57 Å². The minimum atomic E-state index is -0.341.